The number of carbonyl (C=O) groups excluding carboxylic acids is 2. The molecule has 1 N–H and O–H groups in total. The summed E-state index contributed by atoms with van der Waals surface area (Å²) >= 11 is 0. The van der Waals surface area contributed by atoms with Crippen molar-refractivity contribution in [2.24, 2.45) is 0 Å². The molecule has 31 heavy (non-hydrogen) atoms. The second kappa shape index (κ2) is 9.53. The number of aryl methyl sites for hydroxylation is 1. The quantitative estimate of drug-likeness (QED) is 0.565. The number of carbonyl (C=O) groups is 2. The summed E-state index contributed by atoms with van der Waals surface area (Å²) in [7, 11) is -0.421. The van der Waals surface area contributed by atoms with Gasteiger partial charge in [0.1, 0.15) is 6.61 Å². The van der Waals surface area contributed by atoms with Crippen LogP contribution in [0.3, 0.4) is 0 Å². The summed E-state index contributed by atoms with van der Waals surface area (Å²) in [5.74, 6) is -0.549. The third kappa shape index (κ3) is 6.09. The summed E-state index contributed by atoms with van der Waals surface area (Å²) in [4.78, 5) is 28.3. The second-order valence-electron chi connectivity index (χ2n) is 8.47. The molecule has 2 aromatic carbocycles. The first-order valence-corrected chi connectivity index (χ1v) is 10.3. The molecule has 7 nitrogen and oxygen atoms in total. The van der Waals surface area contributed by atoms with Gasteiger partial charge in [0.05, 0.1) is 17.6 Å². The lowest BCUT2D eigenvalue weighted by Crippen LogP contribution is -2.41. The zero-order chi connectivity index (χ0) is 22.5. The minimum atomic E-state index is -0.816. The van der Waals surface area contributed by atoms with Gasteiger partial charge in [-0.25, -0.2) is 9.59 Å². The Bertz CT molecular complexity index is 882. The van der Waals surface area contributed by atoms with Crippen LogP contribution in [-0.2, 0) is 36.7 Å². The molecule has 1 heterocycles. The fraction of sp³-hybridized carbons (Fsp3) is 0.391. The highest BCUT2D eigenvalue weighted by molar-refractivity contribution is 6.62. The van der Waals surface area contributed by atoms with Crippen molar-refractivity contribution in [2.45, 2.75) is 58.3 Å². The third-order valence-corrected chi connectivity index (χ3v) is 5.58. The van der Waals surface area contributed by atoms with Crippen LogP contribution in [0.1, 0.15) is 45.2 Å². The van der Waals surface area contributed by atoms with E-state index in [1.165, 1.54) is 0 Å². The SMILES string of the molecule is CC1(C)OB(c2ccc(CCC(=O)ONC(=O)OCc3ccccc3)cc2)OC1(C)C. The minimum Gasteiger partial charge on any atom is -0.443 e. The first-order chi connectivity index (χ1) is 14.7. The summed E-state index contributed by atoms with van der Waals surface area (Å²) in [6.45, 7) is 8.15. The van der Waals surface area contributed by atoms with Crippen LogP contribution in [0.5, 0.6) is 0 Å². The number of ether oxygens (including phenoxy) is 1. The Hall–Kier alpha value is -2.84. The average molecular weight is 425 g/mol. The van der Waals surface area contributed by atoms with Crippen molar-refractivity contribution in [2.75, 3.05) is 0 Å². The van der Waals surface area contributed by atoms with E-state index in [1.54, 1.807) is 0 Å². The van der Waals surface area contributed by atoms with Gasteiger partial charge in [0.15, 0.2) is 0 Å². The fourth-order valence-corrected chi connectivity index (χ4v) is 2.97. The smallest absolute Gasteiger partial charge is 0.443 e. The molecule has 0 aliphatic carbocycles. The zero-order valence-corrected chi connectivity index (χ0v) is 18.3. The largest absolute Gasteiger partial charge is 0.494 e. The van der Waals surface area contributed by atoms with Crippen LogP contribution in [0.2, 0.25) is 0 Å². The molecule has 3 rings (SSSR count). The van der Waals surface area contributed by atoms with Crippen LogP contribution < -0.4 is 10.9 Å². The van der Waals surface area contributed by atoms with Gasteiger partial charge in [-0.05, 0) is 50.7 Å². The normalized spacial score (nSPS) is 16.6. The van der Waals surface area contributed by atoms with E-state index in [4.69, 9.17) is 18.9 Å². The van der Waals surface area contributed by atoms with Gasteiger partial charge in [-0.1, -0.05) is 54.6 Å². The first kappa shape index (κ1) is 22.8. The van der Waals surface area contributed by atoms with E-state index in [1.807, 2.05) is 87.8 Å². The Morgan fingerprint density at radius 2 is 1.52 bits per heavy atom. The highest BCUT2D eigenvalue weighted by Gasteiger charge is 2.51. The van der Waals surface area contributed by atoms with Gasteiger partial charge < -0.3 is 18.9 Å². The summed E-state index contributed by atoms with van der Waals surface area (Å²) in [6.07, 6.45) is -0.221. The lowest BCUT2D eigenvalue weighted by atomic mass is 9.79. The van der Waals surface area contributed by atoms with Crippen LogP contribution in [-0.4, -0.2) is 30.4 Å². The van der Waals surface area contributed by atoms with Gasteiger partial charge in [0, 0.05) is 0 Å². The number of benzene rings is 2. The molecule has 0 unspecified atom stereocenters. The molecule has 8 heteroatoms. The molecular weight excluding hydrogens is 397 g/mol. The summed E-state index contributed by atoms with van der Waals surface area (Å²) in [5, 5.41) is 0. The van der Waals surface area contributed by atoms with E-state index in [9.17, 15) is 9.59 Å². The maximum absolute atomic E-state index is 11.9. The number of hydrogen-bond donors (Lipinski definition) is 1. The lowest BCUT2D eigenvalue weighted by molar-refractivity contribution is -0.149. The molecule has 2 aromatic rings. The highest BCUT2D eigenvalue weighted by atomic mass is 16.7. The van der Waals surface area contributed by atoms with Crippen LogP contribution in [0.15, 0.2) is 54.6 Å². The van der Waals surface area contributed by atoms with Crippen molar-refractivity contribution >= 4 is 24.6 Å². The minimum absolute atomic E-state index is 0.0966. The molecule has 0 radical (unpaired) electrons. The Kier molecular flexibility index (Phi) is 7.03. The van der Waals surface area contributed by atoms with Crippen LogP contribution in [0, 0.1) is 0 Å². The van der Waals surface area contributed by atoms with Crippen molar-refractivity contribution in [3.05, 3.63) is 65.7 Å². The molecule has 164 valence electrons. The molecule has 0 spiro atoms. The number of nitrogens with one attached hydrogen (secondary N) is 1. The number of amides is 1. The van der Waals surface area contributed by atoms with E-state index < -0.39 is 30.4 Å². The van der Waals surface area contributed by atoms with Gasteiger partial charge in [0.2, 0.25) is 0 Å². The standard InChI is InChI=1S/C23H28BNO6/c1-22(2)23(3,4)31-24(30-22)19-13-10-17(11-14-19)12-15-20(26)29-25-21(27)28-16-18-8-6-5-7-9-18/h5-11,13-14H,12,15-16H2,1-4H3,(H,25,27). The van der Waals surface area contributed by atoms with E-state index in [0.717, 1.165) is 16.6 Å². The van der Waals surface area contributed by atoms with Gasteiger partial charge in [-0.2, -0.15) is 0 Å². The van der Waals surface area contributed by atoms with Crippen LogP contribution >= 0.6 is 0 Å². The predicted molar refractivity (Wildman–Crippen MR) is 116 cm³/mol. The van der Waals surface area contributed by atoms with Crippen LogP contribution in [0.25, 0.3) is 0 Å². The van der Waals surface area contributed by atoms with E-state index >= 15 is 0 Å². The second-order valence-corrected chi connectivity index (χ2v) is 8.47. The highest BCUT2D eigenvalue weighted by Crippen LogP contribution is 2.36. The summed E-state index contributed by atoms with van der Waals surface area (Å²) in [5.41, 5.74) is 3.95. The van der Waals surface area contributed by atoms with Crippen molar-refractivity contribution < 1.29 is 28.5 Å². The molecule has 1 aliphatic rings. The fourth-order valence-electron chi connectivity index (χ4n) is 2.97. The predicted octanol–water partition coefficient (Wildman–Crippen LogP) is 3.30. The topological polar surface area (TPSA) is 83.1 Å². The molecular formula is C23H28BNO6. The molecule has 1 aliphatic heterocycles. The Balaban J connectivity index is 1.39. The molecule has 0 saturated carbocycles. The van der Waals surface area contributed by atoms with Gasteiger partial charge in [0.25, 0.3) is 0 Å². The van der Waals surface area contributed by atoms with Gasteiger partial charge in [-0.3, -0.25) is 0 Å². The monoisotopic (exact) mass is 425 g/mol. The molecule has 1 amide bonds. The van der Waals surface area contributed by atoms with Gasteiger partial charge in [-0.15, -0.1) is 5.48 Å². The molecule has 1 saturated heterocycles. The third-order valence-electron chi connectivity index (χ3n) is 5.58. The maximum atomic E-state index is 11.9. The number of rotatable bonds is 6. The van der Waals surface area contributed by atoms with Crippen LogP contribution in [0.4, 0.5) is 4.79 Å². The van der Waals surface area contributed by atoms with Crippen molar-refractivity contribution in [3.8, 4) is 0 Å². The number of hydrogen-bond acceptors (Lipinski definition) is 6. The summed E-state index contributed by atoms with van der Waals surface area (Å²) in [6, 6.07) is 16.9. The van der Waals surface area contributed by atoms with Crippen molar-refractivity contribution in [3.63, 3.8) is 0 Å². The van der Waals surface area contributed by atoms with Crippen molar-refractivity contribution in [1.29, 1.82) is 0 Å². The zero-order valence-electron chi connectivity index (χ0n) is 18.3. The van der Waals surface area contributed by atoms with Gasteiger partial charge >= 0.3 is 19.2 Å². The Labute approximate surface area is 183 Å². The van der Waals surface area contributed by atoms with E-state index in [2.05, 4.69) is 0 Å². The molecule has 0 bridgehead atoms. The van der Waals surface area contributed by atoms with E-state index in [0.29, 0.717) is 6.42 Å². The number of hydroxylamine groups is 1. The first-order valence-electron chi connectivity index (χ1n) is 10.3. The van der Waals surface area contributed by atoms with Crippen molar-refractivity contribution in [1.82, 2.24) is 5.48 Å². The maximum Gasteiger partial charge on any atom is 0.494 e. The summed E-state index contributed by atoms with van der Waals surface area (Å²) < 4.78 is 17.1. The van der Waals surface area contributed by atoms with E-state index in [-0.39, 0.29) is 13.0 Å². The molecule has 0 aromatic heterocycles. The Morgan fingerprint density at radius 1 is 0.903 bits per heavy atom. The average Bonchev–Trinajstić information content (AvgIpc) is 2.97. The molecule has 1 fully saturated rings. The molecule has 0 atom stereocenters. The Morgan fingerprint density at radius 3 is 2.13 bits per heavy atom. The lowest BCUT2D eigenvalue weighted by Gasteiger charge is -2.32.